The molecule has 1 unspecified atom stereocenters. The number of benzene rings is 1. The lowest BCUT2D eigenvalue weighted by atomic mass is 9.79. The molecule has 0 saturated heterocycles. The molecule has 0 spiro atoms. The van der Waals surface area contributed by atoms with Gasteiger partial charge < -0.3 is 5.73 Å². The molecule has 0 saturated carbocycles. The number of nitrogen functional groups attached to an aromatic ring is 1. The zero-order valence-electron chi connectivity index (χ0n) is 10.7. The van der Waals surface area contributed by atoms with E-state index in [0.29, 0.717) is 11.3 Å². The normalized spacial score (nSPS) is 23.9. The van der Waals surface area contributed by atoms with Crippen LogP contribution in [0.2, 0.25) is 0 Å². The molecule has 1 atom stereocenters. The largest absolute Gasteiger partial charge is 0.398 e. The number of rotatable bonds is 1. The van der Waals surface area contributed by atoms with E-state index >= 15 is 0 Å². The summed E-state index contributed by atoms with van der Waals surface area (Å²) in [6, 6.07) is 8.20. The Balaban J connectivity index is 2.52. The summed E-state index contributed by atoms with van der Waals surface area (Å²) in [5, 5.41) is 0. The molecule has 1 aliphatic carbocycles. The van der Waals surface area contributed by atoms with Crippen LogP contribution in [0.1, 0.15) is 39.7 Å². The molecule has 86 valence electrons. The lowest BCUT2D eigenvalue weighted by molar-refractivity contribution is 0.317. The van der Waals surface area contributed by atoms with Gasteiger partial charge in [-0.1, -0.05) is 44.5 Å². The Hall–Kier alpha value is -1.24. The third kappa shape index (κ3) is 1.55. The van der Waals surface area contributed by atoms with Crippen LogP contribution < -0.4 is 5.73 Å². The molecular weight excluding hydrogens is 194 g/mol. The van der Waals surface area contributed by atoms with Crippen molar-refractivity contribution in [1.29, 1.82) is 0 Å². The Morgan fingerprint density at radius 3 is 2.38 bits per heavy atom. The van der Waals surface area contributed by atoms with E-state index in [2.05, 4.69) is 39.8 Å². The van der Waals surface area contributed by atoms with Crippen molar-refractivity contribution in [2.75, 3.05) is 5.73 Å². The Morgan fingerprint density at radius 1 is 1.25 bits per heavy atom. The van der Waals surface area contributed by atoms with E-state index in [1.165, 1.54) is 16.7 Å². The second-order valence-corrected chi connectivity index (χ2v) is 5.52. The highest BCUT2D eigenvalue weighted by molar-refractivity contribution is 5.79. The third-order valence-electron chi connectivity index (χ3n) is 4.45. The fourth-order valence-corrected chi connectivity index (χ4v) is 2.56. The van der Waals surface area contributed by atoms with Gasteiger partial charge in [-0.15, -0.1) is 0 Å². The Morgan fingerprint density at radius 2 is 1.88 bits per heavy atom. The lowest BCUT2D eigenvalue weighted by Gasteiger charge is -2.26. The maximum Gasteiger partial charge on any atom is 0.0390 e. The Bertz CT molecular complexity index is 441. The van der Waals surface area contributed by atoms with Crippen LogP contribution in [-0.2, 0) is 0 Å². The second kappa shape index (κ2) is 3.65. The van der Waals surface area contributed by atoms with Crippen LogP contribution in [-0.4, -0.2) is 0 Å². The van der Waals surface area contributed by atoms with E-state index in [-0.39, 0.29) is 0 Å². The molecule has 1 aromatic carbocycles. The fourth-order valence-electron chi connectivity index (χ4n) is 2.56. The topological polar surface area (TPSA) is 26.0 Å². The molecule has 1 nitrogen and oxygen atoms in total. The summed E-state index contributed by atoms with van der Waals surface area (Å²) in [4.78, 5) is 0. The van der Waals surface area contributed by atoms with Crippen LogP contribution in [0, 0.1) is 11.3 Å². The van der Waals surface area contributed by atoms with Crippen molar-refractivity contribution in [3.05, 3.63) is 35.4 Å². The van der Waals surface area contributed by atoms with Gasteiger partial charge in [0.15, 0.2) is 0 Å². The van der Waals surface area contributed by atoms with Gasteiger partial charge in [-0.3, -0.25) is 0 Å². The number of nitrogens with two attached hydrogens (primary N) is 1. The van der Waals surface area contributed by atoms with Gasteiger partial charge in [-0.2, -0.15) is 0 Å². The molecule has 0 aromatic heterocycles. The molecule has 1 heteroatoms. The van der Waals surface area contributed by atoms with Gasteiger partial charge in [0.1, 0.15) is 0 Å². The molecule has 0 radical (unpaired) electrons. The predicted molar refractivity (Wildman–Crippen MR) is 71.0 cm³/mol. The molecule has 0 heterocycles. The Kier molecular flexibility index (Phi) is 2.57. The van der Waals surface area contributed by atoms with Gasteiger partial charge in [0, 0.05) is 11.3 Å². The predicted octanol–water partition coefficient (Wildman–Crippen LogP) is 4.11. The van der Waals surface area contributed by atoms with Crippen molar-refractivity contribution in [3.63, 3.8) is 0 Å². The minimum absolute atomic E-state index is 0.303. The zero-order valence-corrected chi connectivity index (χ0v) is 10.7. The van der Waals surface area contributed by atoms with Crippen molar-refractivity contribution in [1.82, 2.24) is 0 Å². The van der Waals surface area contributed by atoms with Crippen LogP contribution >= 0.6 is 0 Å². The highest BCUT2D eigenvalue weighted by Crippen LogP contribution is 2.50. The average Bonchev–Trinajstić information content (AvgIpc) is 2.43. The molecule has 0 amide bonds. The van der Waals surface area contributed by atoms with E-state index in [1.807, 2.05) is 12.1 Å². The van der Waals surface area contributed by atoms with E-state index in [0.717, 1.165) is 12.1 Å². The Labute approximate surface area is 98.4 Å². The van der Waals surface area contributed by atoms with Gasteiger partial charge >= 0.3 is 0 Å². The number of hydrogen-bond acceptors (Lipinski definition) is 1. The zero-order chi connectivity index (χ0) is 11.9. The minimum atomic E-state index is 0.303. The molecule has 1 aliphatic rings. The van der Waals surface area contributed by atoms with Gasteiger partial charge in [-0.05, 0) is 36.3 Å². The van der Waals surface area contributed by atoms with Crippen LogP contribution in [0.5, 0.6) is 0 Å². The first kappa shape index (κ1) is 11.3. The van der Waals surface area contributed by atoms with Crippen LogP contribution in [0.4, 0.5) is 5.69 Å². The van der Waals surface area contributed by atoms with E-state index < -0.39 is 0 Å². The van der Waals surface area contributed by atoms with Crippen molar-refractivity contribution >= 4 is 11.3 Å². The monoisotopic (exact) mass is 215 g/mol. The molecule has 2 N–H and O–H groups in total. The summed E-state index contributed by atoms with van der Waals surface area (Å²) in [6.45, 7) is 9.25. The highest BCUT2D eigenvalue weighted by Gasteiger charge is 2.36. The third-order valence-corrected chi connectivity index (χ3v) is 4.45. The molecule has 0 fully saturated rings. The molecule has 0 bridgehead atoms. The molecule has 2 rings (SSSR count). The van der Waals surface area contributed by atoms with Crippen molar-refractivity contribution in [2.45, 2.75) is 34.1 Å². The summed E-state index contributed by atoms with van der Waals surface area (Å²) in [5.41, 5.74) is 11.5. The number of allylic oxidation sites excluding steroid dienone is 2. The van der Waals surface area contributed by atoms with Crippen LogP contribution in [0.15, 0.2) is 29.8 Å². The average molecular weight is 215 g/mol. The number of hydrogen-bond donors (Lipinski definition) is 1. The van der Waals surface area contributed by atoms with Crippen molar-refractivity contribution < 1.29 is 0 Å². The summed E-state index contributed by atoms with van der Waals surface area (Å²) in [6.07, 6.45) is 1.15. The first-order valence-corrected chi connectivity index (χ1v) is 5.99. The summed E-state index contributed by atoms with van der Waals surface area (Å²) >= 11 is 0. The van der Waals surface area contributed by atoms with Gasteiger partial charge in [0.05, 0.1) is 0 Å². The summed E-state index contributed by atoms with van der Waals surface area (Å²) in [7, 11) is 0. The standard InChI is InChI=1S/C15H21N/c1-10-9-13(11(2)15(10,3)4)12-7-5-6-8-14(12)16/h5-8,10H,9,16H2,1-4H3. The number of anilines is 1. The SMILES string of the molecule is CC1=C(c2ccccc2N)CC(C)C1(C)C. The lowest BCUT2D eigenvalue weighted by Crippen LogP contribution is -2.16. The maximum absolute atomic E-state index is 6.06. The second-order valence-electron chi connectivity index (χ2n) is 5.52. The first-order valence-electron chi connectivity index (χ1n) is 5.99. The maximum atomic E-state index is 6.06. The van der Waals surface area contributed by atoms with Crippen LogP contribution in [0.3, 0.4) is 0 Å². The van der Waals surface area contributed by atoms with Gasteiger partial charge in [-0.25, -0.2) is 0 Å². The summed E-state index contributed by atoms with van der Waals surface area (Å²) < 4.78 is 0. The molecule has 0 aliphatic heterocycles. The van der Waals surface area contributed by atoms with Gasteiger partial charge in [0.2, 0.25) is 0 Å². The van der Waals surface area contributed by atoms with E-state index in [9.17, 15) is 0 Å². The fraction of sp³-hybridized carbons (Fsp3) is 0.467. The van der Waals surface area contributed by atoms with Crippen LogP contribution in [0.25, 0.3) is 5.57 Å². The van der Waals surface area contributed by atoms with Crippen molar-refractivity contribution in [2.24, 2.45) is 11.3 Å². The smallest absolute Gasteiger partial charge is 0.0390 e. The molecular formula is C15H21N. The molecule has 1 aromatic rings. The molecule has 16 heavy (non-hydrogen) atoms. The minimum Gasteiger partial charge on any atom is -0.398 e. The first-order chi connectivity index (χ1) is 7.44. The quantitative estimate of drug-likeness (QED) is 0.701. The highest BCUT2D eigenvalue weighted by atomic mass is 14.6. The van der Waals surface area contributed by atoms with E-state index in [1.54, 1.807) is 0 Å². The van der Waals surface area contributed by atoms with Crippen molar-refractivity contribution in [3.8, 4) is 0 Å². The van der Waals surface area contributed by atoms with Gasteiger partial charge in [0.25, 0.3) is 0 Å². The summed E-state index contributed by atoms with van der Waals surface area (Å²) in [5.74, 6) is 0.696. The van der Waals surface area contributed by atoms with E-state index in [4.69, 9.17) is 5.73 Å². The number of para-hydroxylation sites is 1.